The number of rotatable bonds is 1. The third-order valence-corrected chi connectivity index (χ3v) is 3.88. The van der Waals surface area contributed by atoms with Gasteiger partial charge in [-0.25, -0.2) is 0 Å². The molecule has 4 nitrogen and oxygen atoms in total. The molecule has 0 aromatic heterocycles. The highest BCUT2D eigenvalue weighted by Gasteiger charge is 2.50. The summed E-state index contributed by atoms with van der Waals surface area (Å²) in [5, 5.41) is 0. The van der Waals surface area contributed by atoms with Gasteiger partial charge in [0.15, 0.2) is 4.84 Å². The van der Waals surface area contributed by atoms with Crippen LogP contribution in [0.15, 0.2) is 0 Å². The molecule has 0 aromatic rings. The van der Waals surface area contributed by atoms with Crippen molar-refractivity contribution in [3.05, 3.63) is 0 Å². The first-order valence-electron chi connectivity index (χ1n) is 5.37. The Balaban J connectivity index is 2.24. The molecule has 0 aliphatic carbocycles. The molecule has 0 radical (unpaired) electrons. The summed E-state index contributed by atoms with van der Waals surface area (Å²) in [6, 6.07) is 0. The molecule has 2 amide bonds. The van der Waals surface area contributed by atoms with Gasteiger partial charge >= 0.3 is 0 Å². The molecular weight excluding hydrogens is 251 g/mol. The zero-order chi connectivity index (χ0) is 11.9. The molecular formula is C10H14Cl2N2O2. The molecule has 16 heavy (non-hydrogen) atoms. The number of hydrogen-bond acceptors (Lipinski definition) is 2. The predicted octanol–water partition coefficient (Wildman–Crippen LogP) is 1.36. The summed E-state index contributed by atoms with van der Waals surface area (Å²) in [4.78, 5) is 25.9. The molecule has 0 saturated carbocycles. The van der Waals surface area contributed by atoms with Gasteiger partial charge in [0.05, 0.1) is 0 Å². The van der Waals surface area contributed by atoms with Gasteiger partial charge in [-0.05, 0) is 19.8 Å². The molecule has 2 rings (SSSR count). The molecule has 0 aromatic carbocycles. The topological polar surface area (TPSA) is 40.6 Å². The summed E-state index contributed by atoms with van der Waals surface area (Å²) in [5.41, 5.74) is -0.519. The van der Waals surface area contributed by atoms with Crippen molar-refractivity contribution in [2.45, 2.75) is 36.7 Å². The minimum absolute atomic E-state index is 0.116. The van der Waals surface area contributed by atoms with Crippen molar-refractivity contribution in [2.24, 2.45) is 0 Å². The second-order valence-corrected chi connectivity index (χ2v) is 5.50. The second kappa shape index (κ2) is 4.08. The minimum atomic E-state index is -1.05. The number of amides is 2. The maximum Gasteiger partial charge on any atom is 0.257 e. The van der Waals surface area contributed by atoms with Gasteiger partial charge in [0.1, 0.15) is 5.66 Å². The molecule has 1 atom stereocenters. The van der Waals surface area contributed by atoms with Crippen molar-refractivity contribution in [3.63, 3.8) is 0 Å². The van der Waals surface area contributed by atoms with Crippen molar-refractivity contribution in [1.82, 2.24) is 9.80 Å². The molecule has 2 heterocycles. The maximum atomic E-state index is 11.8. The molecule has 2 fully saturated rings. The first kappa shape index (κ1) is 12.0. The van der Waals surface area contributed by atoms with E-state index in [1.54, 1.807) is 9.80 Å². The Morgan fingerprint density at radius 2 is 2.12 bits per heavy atom. The normalized spacial score (nSPS) is 29.9. The number of alkyl halides is 2. The van der Waals surface area contributed by atoms with Gasteiger partial charge in [-0.3, -0.25) is 9.59 Å². The van der Waals surface area contributed by atoms with Crippen LogP contribution in [0.2, 0.25) is 0 Å². The van der Waals surface area contributed by atoms with E-state index in [4.69, 9.17) is 23.2 Å². The van der Waals surface area contributed by atoms with E-state index in [1.807, 2.05) is 6.92 Å². The lowest BCUT2D eigenvalue weighted by molar-refractivity contribution is -0.149. The molecule has 2 aliphatic rings. The molecule has 0 N–H and O–H groups in total. The summed E-state index contributed by atoms with van der Waals surface area (Å²) in [6.45, 7) is 3.02. The smallest absolute Gasteiger partial charge is 0.257 e. The molecule has 0 bridgehead atoms. The second-order valence-electron chi connectivity index (χ2n) is 4.41. The highest BCUT2D eigenvalue weighted by molar-refractivity contribution is 6.53. The van der Waals surface area contributed by atoms with Crippen LogP contribution >= 0.6 is 23.2 Å². The highest BCUT2D eigenvalue weighted by Crippen LogP contribution is 2.36. The Morgan fingerprint density at radius 3 is 2.75 bits per heavy atom. The number of hydrogen-bond donors (Lipinski definition) is 0. The van der Waals surface area contributed by atoms with E-state index in [9.17, 15) is 9.59 Å². The van der Waals surface area contributed by atoms with Crippen molar-refractivity contribution >= 4 is 35.0 Å². The van der Waals surface area contributed by atoms with E-state index < -0.39 is 10.5 Å². The van der Waals surface area contributed by atoms with Crippen LogP contribution < -0.4 is 0 Å². The predicted molar refractivity (Wildman–Crippen MR) is 61.2 cm³/mol. The lowest BCUT2D eigenvalue weighted by Gasteiger charge is -2.44. The first-order chi connectivity index (χ1) is 7.47. The zero-order valence-electron chi connectivity index (χ0n) is 9.08. The van der Waals surface area contributed by atoms with Crippen LogP contribution in [0.25, 0.3) is 0 Å². The van der Waals surface area contributed by atoms with Gasteiger partial charge in [-0.1, -0.05) is 23.2 Å². The van der Waals surface area contributed by atoms with Gasteiger partial charge in [-0.2, -0.15) is 0 Å². The SMILES string of the molecule is CC12CCCC(=O)N1CCN2C(=O)C(Cl)Cl. The summed E-state index contributed by atoms with van der Waals surface area (Å²) >= 11 is 11.2. The largest absolute Gasteiger partial charge is 0.318 e. The fourth-order valence-corrected chi connectivity index (χ4v) is 2.90. The van der Waals surface area contributed by atoms with E-state index in [0.717, 1.165) is 12.8 Å². The van der Waals surface area contributed by atoms with Crippen LogP contribution in [-0.4, -0.2) is 45.2 Å². The average Bonchev–Trinajstić information content (AvgIpc) is 2.55. The van der Waals surface area contributed by atoms with E-state index in [1.165, 1.54) is 0 Å². The van der Waals surface area contributed by atoms with Gasteiger partial charge in [0.2, 0.25) is 5.91 Å². The number of carbonyl (C=O) groups is 2. The average molecular weight is 265 g/mol. The van der Waals surface area contributed by atoms with Crippen LogP contribution in [-0.2, 0) is 9.59 Å². The van der Waals surface area contributed by atoms with Gasteiger partial charge < -0.3 is 9.80 Å². The van der Waals surface area contributed by atoms with Crippen LogP contribution in [0.3, 0.4) is 0 Å². The Bertz CT molecular complexity index is 335. The summed E-state index contributed by atoms with van der Waals surface area (Å²) in [5.74, 6) is -0.187. The monoisotopic (exact) mass is 264 g/mol. The van der Waals surface area contributed by atoms with Crippen LogP contribution in [0, 0.1) is 0 Å². The molecule has 90 valence electrons. The molecule has 2 saturated heterocycles. The standard InChI is InChI=1S/C10H14Cl2N2O2/c1-10-4-2-3-7(15)13(10)5-6-14(10)9(16)8(11)12/h8H,2-6H2,1H3. The van der Waals surface area contributed by atoms with E-state index in [2.05, 4.69) is 0 Å². The van der Waals surface area contributed by atoms with Gasteiger partial charge in [-0.15, -0.1) is 0 Å². The maximum absolute atomic E-state index is 11.8. The van der Waals surface area contributed by atoms with Crippen molar-refractivity contribution < 1.29 is 9.59 Å². The fourth-order valence-electron chi connectivity index (χ4n) is 2.67. The number of halogens is 2. The van der Waals surface area contributed by atoms with E-state index in [0.29, 0.717) is 19.5 Å². The summed E-state index contributed by atoms with van der Waals surface area (Å²) < 4.78 is 0. The Labute approximate surface area is 104 Å². The highest BCUT2D eigenvalue weighted by atomic mass is 35.5. The van der Waals surface area contributed by atoms with Crippen molar-refractivity contribution in [1.29, 1.82) is 0 Å². The Morgan fingerprint density at radius 1 is 1.44 bits per heavy atom. The molecule has 2 aliphatic heterocycles. The van der Waals surface area contributed by atoms with Crippen molar-refractivity contribution in [2.75, 3.05) is 13.1 Å². The number of fused-ring (bicyclic) bond motifs is 1. The quantitative estimate of drug-likeness (QED) is 0.672. The van der Waals surface area contributed by atoms with Crippen LogP contribution in [0.5, 0.6) is 0 Å². The third-order valence-electron chi connectivity index (χ3n) is 3.50. The zero-order valence-corrected chi connectivity index (χ0v) is 10.6. The van der Waals surface area contributed by atoms with E-state index >= 15 is 0 Å². The van der Waals surface area contributed by atoms with Crippen LogP contribution in [0.4, 0.5) is 0 Å². The molecule has 0 spiro atoms. The summed E-state index contributed by atoms with van der Waals surface area (Å²) in [7, 11) is 0. The van der Waals surface area contributed by atoms with Gasteiger partial charge in [0.25, 0.3) is 5.91 Å². The third kappa shape index (κ3) is 1.68. The van der Waals surface area contributed by atoms with Crippen molar-refractivity contribution in [3.8, 4) is 0 Å². The number of nitrogens with zero attached hydrogens (tertiary/aromatic N) is 2. The lowest BCUT2D eigenvalue weighted by Crippen LogP contribution is -2.57. The Kier molecular flexibility index (Phi) is 3.05. The van der Waals surface area contributed by atoms with Crippen LogP contribution in [0.1, 0.15) is 26.2 Å². The van der Waals surface area contributed by atoms with Gasteiger partial charge in [0, 0.05) is 19.5 Å². The minimum Gasteiger partial charge on any atom is -0.318 e. The molecule has 6 heteroatoms. The number of carbonyl (C=O) groups excluding carboxylic acids is 2. The summed E-state index contributed by atoms with van der Waals surface area (Å²) in [6.07, 6.45) is 2.18. The molecule has 1 unspecified atom stereocenters. The lowest BCUT2D eigenvalue weighted by atomic mass is 9.96. The fraction of sp³-hybridized carbons (Fsp3) is 0.800. The Hall–Kier alpha value is -0.480. The van der Waals surface area contributed by atoms with E-state index in [-0.39, 0.29) is 11.8 Å². The number of piperidine rings is 1. The first-order valence-corrected chi connectivity index (χ1v) is 6.24.